The molecule has 31 heavy (non-hydrogen) atoms. The van der Waals surface area contributed by atoms with Gasteiger partial charge in [0.1, 0.15) is 0 Å². The van der Waals surface area contributed by atoms with Crippen LogP contribution in [0.15, 0.2) is 24.3 Å². The number of carbonyl (C=O) groups is 1. The van der Waals surface area contributed by atoms with E-state index in [1.54, 1.807) is 0 Å². The summed E-state index contributed by atoms with van der Waals surface area (Å²) in [6.07, 6.45) is 14.5. The molecule has 0 bridgehead atoms. The van der Waals surface area contributed by atoms with Crippen LogP contribution in [0.2, 0.25) is 0 Å². The van der Waals surface area contributed by atoms with Crippen molar-refractivity contribution in [1.29, 1.82) is 0 Å². The molecule has 0 spiro atoms. The SMILES string of the molecule is CCCCCCCCCCCCc1ccccc1C(C(=O)OC)C(S)Cc1nn[nH]n1. The molecular weight excluding hydrogens is 408 g/mol. The zero-order valence-electron chi connectivity index (χ0n) is 19.1. The van der Waals surface area contributed by atoms with Crippen molar-refractivity contribution in [1.82, 2.24) is 20.6 Å². The first kappa shape index (κ1) is 25.4. The van der Waals surface area contributed by atoms with Crippen molar-refractivity contribution in [2.45, 2.75) is 95.1 Å². The van der Waals surface area contributed by atoms with E-state index in [1.165, 1.54) is 70.5 Å². The molecule has 0 aliphatic heterocycles. The Balaban J connectivity index is 1.87. The zero-order chi connectivity index (χ0) is 22.3. The average molecular weight is 447 g/mol. The number of methoxy groups -OCH3 is 1. The van der Waals surface area contributed by atoms with Crippen molar-refractivity contribution >= 4 is 18.6 Å². The summed E-state index contributed by atoms with van der Waals surface area (Å²) in [4.78, 5) is 12.6. The number of tetrazole rings is 1. The van der Waals surface area contributed by atoms with Crippen LogP contribution in [0.3, 0.4) is 0 Å². The van der Waals surface area contributed by atoms with Gasteiger partial charge in [0.25, 0.3) is 0 Å². The first-order chi connectivity index (χ1) is 15.2. The highest BCUT2D eigenvalue weighted by molar-refractivity contribution is 7.81. The first-order valence-electron chi connectivity index (χ1n) is 11.7. The second-order valence-electron chi connectivity index (χ2n) is 8.23. The van der Waals surface area contributed by atoms with Gasteiger partial charge in [-0.25, -0.2) is 0 Å². The first-order valence-corrected chi connectivity index (χ1v) is 12.2. The van der Waals surface area contributed by atoms with Gasteiger partial charge in [0.15, 0.2) is 5.82 Å². The van der Waals surface area contributed by atoms with Gasteiger partial charge >= 0.3 is 5.97 Å². The fraction of sp³-hybridized carbons (Fsp3) is 0.667. The number of aromatic nitrogens is 4. The number of rotatable bonds is 16. The lowest BCUT2D eigenvalue weighted by Gasteiger charge is -2.23. The number of aryl methyl sites for hydroxylation is 1. The Morgan fingerprint density at radius 3 is 2.29 bits per heavy atom. The molecule has 2 aromatic rings. The number of ether oxygens (including phenoxy) is 1. The minimum Gasteiger partial charge on any atom is -0.469 e. The van der Waals surface area contributed by atoms with Crippen LogP contribution in [-0.4, -0.2) is 39.0 Å². The maximum Gasteiger partial charge on any atom is 0.314 e. The van der Waals surface area contributed by atoms with Crippen molar-refractivity contribution in [2.75, 3.05) is 7.11 Å². The highest BCUT2D eigenvalue weighted by Crippen LogP contribution is 2.30. The van der Waals surface area contributed by atoms with E-state index in [9.17, 15) is 4.79 Å². The minimum atomic E-state index is -0.467. The van der Waals surface area contributed by atoms with Crippen molar-refractivity contribution in [2.24, 2.45) is 0 Å². The number of unbranched alkanes of at least 4 members (excludes halogenated alkanes) is 9. The van der Waals surface area contributed by atoms with Crippen LogP contribution in [0.1, 0.15) is 94.0 Å². The quantitative estimate of drug-likeness (QED) is 0.203. The molecule has 2 rings (SSSR count). The molecular formula is C24H38N4O2S. The summed E-state index contributed by atoms with van der Waals surface area (Å²) in [5.74, 6) is -0.203. The molecule has 2 unspecified atom stereocenters. The average Bonchev–Trinajstić information content (AvgIpc) is 3.29. The molecule has 0 aliphatic carbocycles. The number of nitrogens with one attached hydrogen (secondary N) is 1. The Morgan fingerprint density at radius 1 is 1.03 bits per heavy atom. The number of hydrogen-bond donors (Lipinski definition) is 2. The van der Waals surface area contributed by atoms with E-state index in [0.717, 1.165) is 18.4 Å². The van der Waals surface area contributed by atoms with E-state index in [-0.39, 0.29) is 11.2 Å². The molecule has 0 saturated carbocycles. The van der Waals surface area contributed by atoms with Crippen LogP contribution in [0, 0.1) is 0 Å². The molecule has 1 N–H and O–H groups in total. The van der Waals surface area contributed by atoms with Gasteiger partial charge in [-0.05, 0) is 24.0 Å². The van der Waals surface area contributed by atoms with E-state index >= 15 is 0 Å². The fourth-order valence-electron chi connectivity index (χ4n) is 4.06. The second kappa shape index (κ2) is 15.0. The fourth-order valence-corrected chi connectivity index (χ4v) is 4.51. The van der Waals surface area contributed by atoms with E-state index in [0.29, 0.717) is 12.2 Å². The number of thiol groups is 1. The number of H-pyrrole nitrogens is 1. The number of carbonyl (C=O) groups excluding carboxylic acids is 1. The van der Waals surface area contributed by atoms with Gasteiger partial charge in [-0.1, -0.05) is 94.2 Å². The summed E-state index contributed by atoms with van der Waals surface area (Å²) in [6, 6.07) is 8.15. The van der Waals surface area contributed by atoms with Crippen LogP contribution < -0.4 is 0 Å². The number of hydrogen-bond acceptors (Lipinski definition) is 6. The molecule has 0 saturated heterocycles. The van der Waals surface area contributed by atoms with Crippen LogP contribution in [-0.2, 0) is 22.4 Å². The third-order valence-electron chi connectivity index (χ3n) is 5.81. The van der Waals surface area contributed by atoms with Gasteiger partial charge in [-0.2, -0.15) is 17.8 Å². The molecule has 1 aromatic carbocycles. The van der Waals surface area contributed by atoms with Crippen molar-refractivity contribution < 1.29 is 9.53 Å². The molecule has 1 heterocycles. The predicted molar refractivity (Wildman–Crippen MR) is 127 cm³/mol. The van der Waals surface area contributed by atoms with Crippen molar-refractivity contribution in [3.05, 3.63) is 41.2 Å². The molecule has 0 fully saturated rings. The molecule has 0 aliphatic rings. The zero-order valence-corrected chi connectivity index (χ0v) is 19.9. The maximum absolute atomic E-state index is 12.6. The Kier molecular flexibility index (Phi) is 12.3. The summed E-state index contributed by atoms with van der Waals surface area (Å²) >= 11 is 4.72. The van der Waals surface area contributed by atoms with Gasteiger partial charge in [0.05, 0.1) is 13.0 Å². The molecule has 0 amide bonds. The summed E-state index contributed by atoms with van der Waals surface area (Å²) in [5, 5.41) is 13.7. The van der Waals surface area contributed by atoms with Crippen LogP contribution in [0.25, 0.3) is 0 Å². The molecule has 0 radical (unpaired) electrons. The van der Waals surface area contributed by atoms with E-state index < -0.39 is 5.92 Å². The highest BCUT2D eigenvalue weighted by atomic mass is 32.1. The summed E-state index contributed by atoms with van der Waals surface area (Å²) < 4.78 is 5.12. The Labute approximate surface area is 192 Å². The molecule has 172 valence electrons. The van der Waals surface area contributed by atoms with Gasteiger partial charge in [0, 0.05) is 11.7 Å². The van der Waals surface area contributed by atoms with E-state index in [2.05, 4.69) is 33.6 Å². The van der Waals surface area contributed by atoms with E-state index in [4.69, 9.17) is 17.4 Å². The number of nitrogens with zero attached hydrogens (tertiary/aromatic N) is 3. The Morgan fingerprint density at radius 2 is 1.68 bits per heavy atom. The third kappa shape index (κ3) is 9.01. The summed E-state index contributed by atoms with van der Waals surface area (Å²) in [5.41, 5.74) is 2.19. The largest absolute Gasteiger partial charge is 0.469 e. The summed E-state index contributed by atoms with van der Waals surface area (Å²) in [7, 11) is 1.43. The molecule has 2 atom stereocenters. The lowest BCUT2D eigenvalue weighted by atomic mass is 9.88. The van der Waals surface area contributed by atoms with Crippen LogP contribution >= 0.6 is 12.6 Å². The maximum atomic E-state index is 12.6. The topological polar surface area (TPSA) is 80.8 Å². The van der Waals surface area contributed by atoms with Gasteiger partial charge < -0.3 is 4.74 Å². The smallest absolute Gasteiger partial charge is 0.314 e. The number of aromatic amines is 1. The van der Waals surface area contributed by atoms with Gasteiger partial charge in [0.2, 0.25) is 0 Å². The van der Waals surface area contributed by atoms with E-state index in [1.807, 2.05) is 18.2 Å². The van der Waals surface area contributed by atoms with Crippen LogP contribution in [0.5, 0.6) is 0 Å². The van der Waals surface area contributed by atoms with Crippen molar-refractivity contribution in [3.63, 3.8) is 0 Å². The lowest BCUT2D eigenvalue weighted by molar-refractivity contribution is -0.142. The number of esters is 1. The Bertz CT molecular complexity index is 739. The Hall–Kier alpha value is -1.89. The van der Waals surface area contributed by atoms with Gasteiger partial charge in [-0.3, -0.25) is 4.79 Å². The molecule has 6 nitrogen and oxygen atoms in total. The minimum absolute atomic E-state index is 0.279. The normalized spacial score (nSPS) is 13.1. The molecule has 1 aromatic heterocycles. The standard InChI is InChI=1S/C24H38N4O2S/c1-3-4-5-6-7-8-9-10-11-12-15-19-16-13-14-17-20(19)23(24(29)30-2)21(31)18-22-25-27-28-26-22/h13-14,16-17,21,23,31H,3-12,15,18H2,1-2H3,(H,25,26,27,28). The summed E-state index contributed by atoms with van der Waals surface area (Å²) in [6.45, 7) is 2.26. The van der Waals surface area contributed by atoms with Crippen LogP contribution in [0.4, 0.5) is 0 Å². The second-order valence-corrected chi connectivity index (χ2v) is 8.89. The van der Waals surface area contributed by atoms with Crippen molar-refractivity contribution in [3.8, 4) is 0 Å². The highest BCUT2D eigenvalue weighted by Gasteiger charge is 2.31. The monoisotopic (exact) mass is 446 g/mol. The third-order valence-corrected chi connectivity index (χ3v) is 6.29. The number of benzene rings is 1. The molecule has 7 heteroatoms. The predicted octanol–water partition coefficient (Wildman–Crippen LogP) is 5.46. The lowest BCUT2D eigenvalue weighted by Crippen LogP contribution is -2.27. The van der Waals surface area contributed by atoms with Gasteiger partial charge in [-0.15, -0.1) is 10.2 Å².